The van der Waals surface area contributed by atoms with Gasteiger partial charge in [-0.3, -0.25) is 23.9 Å². The number of hydrogen-bond acceptors (Lipinski definition) is 7. The fourth-order valence-corrected chi connectivity index (χ4v) is 4.81. The van der Waals surface area contributed by atoms with Crippen LogP contribution in [-0.4, -0.2) is 80.4 Å². The highest BCUT2D eigenvalue weighted by atomic mass is 16.5. The molecule has 0 aliphatic carbocycles. The molecule has 0 aromatic carbocycles. The second-order valence-electron chi connectivity index (χ2n) is 8.66. The lowest BCUT2D eigenvalue weighted by Crippen LogP contribution is -2.42. The van der Waals surface area contributed by atoms with Gasteiger partial charge in [0, 0.05) is 44.8 Å². The maximum atomic E-state index is 13.3. The number of aromatic nitrogens is 3. The molecule has 2 aliphatic rings. The Morgan fingerprint density at radius 3 is 2.59 bits per heavy atom. The van der Waals surface area contributed by atoms with Crippen LogP contribution in [0.15, 0.2) is 48.4 Å². The molecule has 0 saturated carbocycles. The molecule has 176 valence electrons. The maximum absolute atomic E-state index is 13.3. The zero-order chi connectivity index (χ0) is 23.8. The minimum absolute atomic E-state index is 0.0737. The Labute approximate surface area is 197 Å². The molecular weight excluding hydrogens is 434 g/mol. The molecule has 9 nitrogen and oxygen atoms in total. The molecule has 0 bridgehead atoms. The van der Waals surface area contributed by atoms with Crippen molar-refractivity contribution in [2.24, 2.45) is 0 Å². The van der Waals surface area contributed by atoms with Gasteiger partial charge in [-0.2, -0.15) is 0 Å². The highest BCUT2D eigenvalue weighted by Gasteiger charge is 2.46. The number of aliphatic hydroxyl groups is 1. The first-order valence-electron chi connectivity index (χ1n) is 11.4. The summed E-state index contributed by atoms with van der Waals surface area (Å²) in [5.74, 6) is -1.52. The summed E-state index contributed by atoms with van der Waals surface area (Å²) in [6, 6.07) is 6.64. The number of fused-ring (bicyclic) bond motifs is 1. The van der Waals surface area contributed by atoms with E-state index < -0.39 is 17.7 Å². The van der Waals surface area contributed by atoms with E-state index in [1.54, 1.807) is 46.9 Å². The van der Waals surface area contributed by atoms with Crippen LogP contribution >= 0.6 is 0 Å². The van der Waals surface area contributed by atoms with Crippen molar-refractivity contribution in [2.75, 3.05) is 39.4 Å². The van der Waals surface area contributed by atoms with E-state index >= 15 is 0 Å². The van der Waals surface area contributed by atoms with Crippen LogP contribution in [0, 0.1) is 13.8 Å². The predicted octanol–water partition coefficient (Wildman–Crippen LogP) is 2.10. The zero-order valence-corrected chi connectivity index (χ0v) is 19.3. The maximum Gasteiger partial charge on any atom is 0.295 e. The van der Waals surface area contributed by atoms with Gasteiger partial charge in [-0.05, 0) is 43.2 Å². The van der Waals surface area contributed by atoms with Crippen LogP contribution < -0.4 is 0 Å². The van der Waals surface area contributed by atoms with Crippen molar-refractivity contribution >= 4 is 23.1 Å². The summed E-state index contributed by atoms with van der Waals surface area (Å²) in [7, 11) is 0. The monoisotopic (exact) mass is 461 g/mol. The molecule has 3 aromatic rings. The van der Waals surface area contributed by atoms with Gasteiger partial charge in [0.25, 0.3) is 11.7 Å². The Bertz CT molecular complexity index is 1280. The van der Waals surface area contributed by atoms with Crippen molar-refractivity contribution in [3.63, 3.8) is 0 Å². The number of carbonyl (C=O) groups is 2. The second kappa shape index (κ2) is 9.00. The number of Topliss-reactive ketones (excluding diaryl/α,β-unsaturated/α-hetero) is 1. The van der Waals surface area contributed by atoms with Crippen LogP contribution in [0.4, 0.5) is 0 Å². The highest BCUT2D eigenvalue weighted by Crippen LogP contribution is 2.39. The SMILES string of the molecule is Cc1nc2c(C)cccn2c1/C(O)=C1/C(=O)C(=O)N(CCN2CCOCC2)C1c1ccncc1. The summed E-state index contributed by atoms with van der Waals surface area (Å²) in [6.07, 6.45) is 5.05. The van der Waals surface area contributed by atoms with Gasteiger partial charge in [-0.15, -0.1) is 0 Å². The topological polar surface area (TPSA) is 100 Å². The number of likely N-dealkylation sites (tertiary alicyclic amines) is 1. The Morgan fingerprint density at radius 1 is 1.12 bits per heavy atom. The average molecular weight is 462 g/mol. The van der Waals surface area contributed by atoms with Gasteiger partial charge in [-0.1, -0.05) is 6.07 Å². The fraction of sp³-hybridized carbons (Fsp3) is 0.360. The number of hydrogen-bond donors (Lipinski definition) is 1. The molecule has 1 unspecified atom stereocenters. The molecule has 0 spiro atoms. The molecule has 34 heavy (non-hydrogen) atoms. The first-order valence-corrected chi connectivity index (χ1v) is 11.4. The van der Waals surface area contributed by atoms with E-state index in [-0.39, 0.29) is 11.3 Å². The van der Waals surface area contributed by atoms with Gasteiger partial charge in [0.2, 0.25) is 0 Å². The van der Waals surface area contributed by atoms with Gasteiger partial charge < -0.3 is 14.7 Å². The summed E-state index contributed by atoms with van der Waals surface area (Å²) in [6.45, 7) is 7.57. The van der Waals surface area contributed by atoms with Gasteiger partial charge >= 0.3 is 0 Å². The van der Waals surface area contributed by atoms with Crippen molar-refractivity contribution in [1.29, 1.82) is 0 Å². The average Bonchev–Trinajstić information content (AvgIpc) is 3.33. The van der Waals surface area contributed by atoms with Crippen LogP contribution in [0.1, 0.15) is 28.6 Å². The number of nitrogens with zero attached hydrogens (tertiary/aromatic N) is 5. The summed E-state index contributed by atoms with van der Waals surface area (Å²) in [4.78, 5) is 39.0. The van der Waals surface area contributed by atoms with E-state index in [1.807, 2.05) is 19.1 Å². The summed E-state index contributed by atoms with van der Waals surface area (Å²) in [5, 5.41) is 11.5. The summed E-state index contributed by atoms with van der Waals surface area (Å²) < 4.78 is 7.18. The minimum atomic E-state index is -0.709. The molecule has 1 N–H and O–H groups in total. The van der Waals surface area contributed by atoms with Crippen LogP contribution in [0.25, 0.3) is 11.4 Å². The molecule has 1 amide bonds. The van der Waals surface area contributed by atoms with E-state index in [0.29, 0.717) is 43.3 Å². The number of rotatable bonds is 5. The normalized spacial score (nSPS) is 21.0. The van der Waals surface area contributed by atoms with Crippen molar-refractivity contribution in [1.82, 2.24) is 24.2 Å². The standard InChI is InChI=1S/C25H27N5O4/c1-16-4-3-9-29-20(17(2)27-24(16)29)22(31)19-21(18-5-7-26-8-6-18)30(25(33)23(19)32)11-10-28-12-14-34-15-13-28/h3-9,21,31H,10-15H2,1-2H3/b22-19-. The van der Waals surface area contributed by atoms with E-state index in [9.17, 15) is 14.7 Å². The van der Waals surface area contributed by atoms with E-state index in [0.717, 1.165) is 24.2 Å². The zero-order valence-electron chi connectivity index (χ0n) is 19.3. The van der Waals surface area contributed by atoms with Gasteiger partial charge in [0.1, 0.15) is 11.3 Å². The number of morpholine rings is 1. The molecular formula is C25H27N5O4. The van der Waals surface area contributed by atoms with E-state index in [4.69, 9.17) is 4.74 Å². The molecule has 2 fully saturated rings. The molecule has 0 radical (unpaired) electrons. The molecule has 1 atom stereocenters. The predicted molar refractivity (Wildman–Crippen MR) is 125 cm³/mol. The molecule has 9 heteroatoms. The number of amides is 1. The number of ether oxygens (including phenoxy) is 1. The molecule has 2 saturated heterocycles. The smallest absolute Gasteiger partial charge is 0.295 e. The third-order valence-electron chi connectivity index (χ3n) is 6.57. The number of carbonyl (C=O) groups excluding carboxylic acids is 2. The lowest BCUT2D eigenvalue weighted by Gasteiger charge is -2.30. The number of imidazole rings is 1. The number of pyridine rings is 2. The Hall–Kier alpha value is -3.56. The number of aryl methyl sites for hydroxylation is 2. The van der Waals surface area contributed by atoms with Gasteiger partial charge in [0.15, 0.2) is 5.76 Å². The Kier molecular flexibility index (Phi) is 5.89. The largest absolute Gasteiger partial charge is 0.505 e. The van der Waals surface area contributed by atoms with Crippen LogP contribution in [0.3, 0.4) is 0 Å². The minimum Gasteiger partial charge on any atom is -0.505 e. The first kappa shape index (κ1) is 22.2. The van der Waals surface area contributed by atoms with Crippen molar-refractivity contribution in [2.45, 2.75) is 19.9 Å². The lowest BCUT2D eigenvalue weighted by molar-refractivity contribution is -0.140. The molecule has 2 aliphatic heterocycles. The third-order valence-corrected chi connectivity index (χ3v) is 6.57. The summed E-state index contributed by atoms with van der Waals surface area (Å²) in [5.41, 5.74) is 3.44. The van der Waals surface area contributed by atoms with Gasteiger partial charge in [-0.25, -0.2) is 4.98 Å². The first-order chi connectivity index (χ1) is 16.5. The van der Waals surface area contributed by atoms with Gasteiger partial charge in [0.05, 0.1) is 30.5 Å². The molecule has 5 rings (SSSR count). The number of ketones is 1. The number of aliphatic hydroxyl groups excluding tert-OH is 1. The summed E-state index contributed by atoms with van der Waals surface area (Å²) >= 11 is 0. The second-order valence-corrected chi connectivity index (χ2v) is 8.66. The van der Waals surface area contributed by atoms with E-state index in [2.05, 4.69) is 14.9 Å². The van der Waals surface area contributed by atoms with Crippen molar-refractivity contribution in [3.05, 3.63) is 70.9 Å². The van der Waals surface area contributed by atoms with Crippen LogP contribution in [0.2, 0.25) is 0 Å². The highest BCUT2D eigenvalue weighted by molar-refractivity contribution is 6.46. The lowest BCUT2D eigenvalue weighted by atomic mass is 9.97. The Morgan fingerprint density at radius 2 is 1.85 bits per heavy atom. The third kappa shape index (κ3) is 3.76. The van der Waals surface area contributed by atoms with Crippen molar-refractivity contribution in [3.8, 4) is 0 Å². The fourth-order valence-electron chi connectivity index (χ4n) is 4.81. The quantitative estimate of drug-likeness (QED) is 0.353. The van der Waals surface area contributed by atoms with Crippen molar-refractivity contribution < 1.29 is 19.4 Å². The Balaban J connectivity index is 1.61. The van der Waals surface area contributed by atoms with Crippen LogP contribution in [0.5, 0.6) is 0 Å². The van der Waals surface area contributed by atoms with Crippen LogP contribution in [-0.2, 0) is 14.3 Å². The molecule has 3 aromatic heterocycles. The van der Waals surface area contributed by atoms with E-state index in [1.165, 1.54) is 0 Å². The molecule has 5 heterocycles.